The summed E-state index contributed by atoms with van der Waals surface area (Å²) in [4.78, 5) is 0. The summed E-state index contributed by atoms with van der Waals surface area (Å²) in [5, 5.41) is 3.42. The van der Waals surface area contributed by atoms with Crippen molar-refractivity contribution in [3.63, 3.8) is 0 Å². The Kier molecular flexibility index (Phi) is 5.66. The van der Waals surface area contributed by atoms with E-state index in [0.717, 1.165) is 19.5 Å². The van der Waals surface area contributed by atoms with Crippen molar-refractivity contribution in [2.24, 2.45) is 0 Å². The Hall–Kier alpha value is -0.600. The number of nitrogens with one attached hydrogen (secondary N) is 1. The first kappa shape index (κ1) is 12.5. The summed E-state index contributed by atoms with van der Waals surface area (Å²) in [7, 11) is 0. The van der Waals surface area contributed by atoms with Gasteiger partial charge in [0.1, 0.15) is 0 Å². The Bertz CT molecular complexity index is 331. The molecule has 0 aliphatic carbocycles. The summed E-state index contributed by atoms with van der Waals surface area (Å²) in [6, 6.07) is 6.48. The smallest absolute Gasteiger partial charge is 0.0205 e. The monoisotopic (exact) mass is 267 g/mol. The van der Waals surface area contributed by atoms with E-state index in [1.165, 1.54) is 15.6 Å². The average Bonchev–Trinajstić information content (AvgIpc) is 2.23. The van der Waals surface area contributed by atoms with Gasteiger partial charge in [-0.25, -0.2) is 0 Å². The van der Waals surface area contributed by atoms with E-state index >= 15 is 0 Å². The highest BCUT2D eigenvalue weighted by Gasteiger charge is 1.96. The number of benzene rings is 1. The zero-order chi connectivity index (χ0) is 11.1. The maximum absolute atomic E-state index is 3.50. The fourth-order valence-electron chi connectivity index (χ4n) is 1.40. The topological polar surface area (TPSA) is 12.0 Å². The van der Waals surface area contributed by atoms with Gasteiger partial charge in [0.2, 0.25) is 0 Å². The summed E-state index contributed by atoms with van der Waals surface area (Å²) in [5.74, 6) is 0. The van der Waals surface area contributed by atoms with Crippen LogP contribution in [0.3, 0.4) is 0 Å². The highest BCUT2D eigenvalue weighted by molar-refractivity contribution is 9.10. The van der Waals surface area contributed by atoms with Crippen LogP contribution in [0.5, 0.6) is 0 Å². The molecule has 1 aromatic rings. The molecule has 0 aliphatic heterocycles. The fourth-order valence-corrected chi connectivity index (χ4v) is 1.65. The minimum Gasteiger partial charge on any atom is -0.312 e. The Morgan fingerprint density at radius 3 is 2.87 bits per heavy atom. The van der Waals surface area contributed by atoms with E-state index in [1.807, 2.05) is 0 Å². The Balaban J connectivity index is 2.34. The minimum absolute atomic E-state index is 0.950. The van der Waals surface area contributed by atoms with Crippen molar-refractivity contribution < 1.29 is 0 Å². The number of hydrogen-bond acceptors (Lipinski definition) is 1. The number of allylic oxidation sites excluding steroid dienone is 1. The van der Waals surface area contributed by atoms with Gasteiger partial charge >= 0.3 is 0 Å². The van der Waals surface area contributed by atoms with E-state index in [2.05, 4.69) is 65.4 Å². The normalized spacial score (nSPS) is 11.1. The van der Waals surface area contributed by atoms with Gasteiger partial charge in [-0.2, -0.15) is 0 Å². The van der Waals surface area contributed by atoms with Crippen molar-refractivity contribution in [3.05, 3.63) is 46.0 Å². The Labute approximate surface area is 101 Å². The van der Waals surface area contributed by atoms with Crippen molar-refractivity contribution in [1.29, 1.82) is 0 Å². The molecule has 1 aromatic carbocycles. The van der Waals surface area contributed by atoms with Crippen LogP contribution < -0.4 is 5.32 Å². The molecule has 15 heavy (non-hydrogen) atoms. The molecule has 0 atom stereocenters. The highest BCUT2D eigenvalue weighted by Crippen LogP contribution is 2.16. The third-order valence-corrected chi connectivity index (χ3v) is 3.16. The summed E-state index contributed by atoms with van der Waals surface area (Å²) in [6.07, 6.45) is 5.37. The molecule has 0 unspecified atom stereocenters. The molecule has 0 saturated heterocycles. The van der Waals surface area contributed by atoms with Crippen LogP contribution in [-0.2, 0) is 6.54 Å². The second-order valence-electron chi connectivity index (χ2n) is 3.62. The maximum Gasteiger partial charge on any atom is 0.0205 e. The molecule has 1 N–H and O–H groups in total. The molecule has 1 nitrogen and oxygen atoms in total. The van der Waals surface area contributed by atoms with E-state index in [4.69, 9.17) is 0 Å². The Morgan fingerprint density at radius 2 is 2.20 bits per heavy atom. The van der Waals surface area contributed by atoms with Crippen molar-refractivity contribution >= 4 is 15.9 Å². The molecular formula is C13H18BrN. The van der Waals surface area contributed by atoms with Gasteiger partial charge in [0, 0.05) is 11.0 Å². The fraction of sp³-hybridized carbons (Fsp3) is 0.385. The lowest BCUT2D eigenvalue weighted by molar-refractivity contribution is 0.695. The van der Waals surface area contributed by atoms with Crippen LogP contribution in [0.4, 0.5) is 0 Å². The van der Waals surface area contributed by atoms with Gasteiger partial charge in [-0.05, 0) is 44.0 Å². The molecular weight excluding hydrogens is 250 g/mol. The zero-order valence-corrected chi connectivity index (χ0v) is 11.0. The van der Waals surface area contributed by atoms with E-state index < -0.39 is 0 Å². The lowest BCUT2D eigenvalue weighted by Crippen LogP contribution is -2.14. The van der Waals surface area contributed by atoms with Gasteiger partial charge < -0.3 is 5.32 Å². The van der Waals surface area contributed by atoms with Crippen LogP contribution in [-0.4, -0.2) is 6.54 Å². The van der Waals surface area contributed by atoms with Crippen LogP contribution in [0.15, 0.2) is 34.8 Å². The van der Waals surface area contributed by atoms with Crippen molar-refractivity contribution in [3.8, 4) is 0 Å². The van der Waals surface area contributed by atoms with Crippen molar-refractivity contribution in [1.82, 2.24) is 5.32 Å². The molecule has 0 aliphatic rings. The molecule has 0 saturated carbocycles. The average molecular weight is 268 g/mol. The Morgan fingerprint density at radius 1 is 1.40 bits per heavy atom. The van der Waals surface area contributed by atoms with E-state index in [-0.39, 0.29) is 0 Å². The standard InChI is InChI=1S/C13H18BrN/c1-3-4-5-8-15-10-12-6-7-13(14)11(2)9-12/h3-4,6-7,9,15H,5,8,10H2,1-2H3/b4-3+. The first-order valence-corrected chi connectivity index (χ1v) is 6.10. The molecule has 0 heterocycles. The van der Waals surface area contributed by atoms with Gasteiger partial charge in [0.25, 0.3) is 0 Å². The van der Waals surface area contributed by atoms with Gasteiger partial charge in [0.15, 0.2) is 0 Å². The third-order valence-electron chi connectivity index (χ3n) is 2.27. The lowest BCUT2D eigenvalue weighted by Gasteiger charge is -2.05. The summed E-state index contributed by atoms with van der Waals surface area (Å²) in [6.45, 7) is 6.16. The summed E-state index contributed by atoms with van der Waals surface area (Å²) < 4.78 is 1.18. The predicted octanol–water partition coefficient (Wildman–Crippen LogP) is 3.81. The molecule has 0 bridgehead atoms. The van der Waals surface area contributed by atoms with Crippen molar-refractivity contribution in [2.45, 2.75) is 26.8 Å². The van der Waals surface area contributed by atoms with Crippen LogP contribution in [0.1, 0.15) is 24.5 Å². The zero-order valence-electron chi connectivity index (χ0n) is 9.39. The van der Waals surface area contributed by atoms with Gasteiger partial charge in [-0.3, -0.25) is 0 Å². The lowest BCUT2D eigenvalue weighted by atomic mass is 10.1. The van der Waals surface area contributed by atoms with Crippen LogP contribution in [0.2, 0.25) is 0 Å². The van der Waals surface area contributed by atoms with Gasteiger partial charge in [-0.15, -0.1) is 0 Å². The van der Waals surface area contributed by atoms with Gasteiger partial charge in [-0.1, -0.05) is 40.2 Å². The largest absolute Gasteiger partial charge is 0.312 e. The maximum atomic E-state index is 3.50. The molecule has 0 radical (unpaired) electrons. The molecule has 1 rings (SSSR count). The van der Waals surface area contributed by atoms with E-state index in [0.29, 0.717) is 0 Å². The first-order valence-electron chi connectivity index (χ1n) is 5.31. The van der Waals surface area contributed by atoms with Crippen molar-refractivity contribution in [2.75, 3.05) is 6.54 Å². The SMILES string of the molecule is C/C=C/CCNCc1ccc(Br)c(C)c1. The second-order valence-corrected chi connectivity index (χ2v) is 4.47. The quantitative estimate of drug-likeness (QED) is 0.632. The third kappa shape index (κ3) is 4.63. The van der Waals surface area contributed by atoms with E-state index in [9.17, 15) is 0 Å². The molecule has 0 spiro atoms. The highest BCUT2D eigenvalue weighted by atomic mass is 79.9. The van der Waals surface area contributed by atoms with Gasteiger partial charge in [0.05, 0.1) is 0 Å². The first-order chi connectivity index (χ1) is 7.24. The molecule has 82 valence electrons. The number of hydrogen-bond donors (Lipinski definition) is 1. The predicted molar refractivity (Wildman–Crippen MR) is 70.0 cm³/mol. The molecule has 0 fully saturated rings. The summed E-state index contributed by atoms with van der Waals surface area (Å²) in [5.41, 5.74) is 2.64. The second kappa shape index (κ2) is 6.81. The van der Waals surface area contributed by atoms with E-state index in [1.54, 1.807) is 0 Å². The minimum atomic E-state index is 0.950. The number of aryl methyl sites for hydroxylation is 1. The summed E-state index contributed by atoms with van der Waals surface area (Å²) >= 11 is 3.50. The number of halogens is 1. The molecule has 2 heteroatoms. The molecule has 0 amide bonds. The van der Waals surface area contributed by atoms with Crippen LogP contribution in [0, 0.1) is 6.92 Å². The molecule has 0 aromatic heterocycles. The van der Waals surface area contributed by atoms with Crippen LogP contribution >= 0.6 is 15.9 Å². The number of rotatable bonds is 5. The van der Waals surface area contributed by atoms with Crippen LogP contribution in [0.25, 0.3) is 0 Å².